The zero-order chi connectivity index (χ0) is 20.7. The fourth-order valence-electron chi connectivity index (χ4n) is 3.62. The van der Waals surface area contributed by atoms with Crippen molar-refractivity contribution in [3.05, 3.63) is 42.0 Å². The third kappa shape index (κ3) is 3.25. The fraction of sp³-hybridized carbons (Fsp3) is 0.316. The van der Waals surface area contributed by atoms with Crippen LogP contribution in [0.4, 0.5) is 0 Å². The van der Waals surface area contributed by atoms with E-state index in [4.69, 9.17) is 9.47 Å². The fourth-order valence-corrected chi connectivity index (χ4v) is 5.06. The number of hydrogen-bond acceptors (Lipinski definition) is 7. The molecular formula is C19H19N5O5S. The van der Waals surface area contributed by atoms with E-state index in [1.54, 1.807) is 29.2 Å². The van der Waals surface area contributed by atoms with Gasteiger partial charge < -0.3 is 14.4 Å². The van der Waals surface area contributed by atoms with Crippen LogP contribution in [0.25, 0.3) is 11.0 Å². The van der Waals surface area contributed by atoms with Crippen molar-refractivity contribution < 1.29 is 22.7 Å². The molecule has 5 rings (SSSR count). The molecule has 1 amide bonds. The van der Waals surface area contributed by atoms with Gasteiger partial charge in [-0.1, -0.05) is 0 Å². The first-order valence-electron chi connectivity index (χ1n) is 9.52. The number of sulfonamides is 1. The molecule has 3 aromatic rings. The van der Waals surface area contributed by atoms with E-state index in [1.165, 1.54) is 16.4 Å². The zero-order valence-electron chi connectivity index (χ0n) is 15.9. The third-order valence-corrected chi connectivity index (χ3v) is 7.14. The molecule has 0 atom stereocenters. The summed E-state index contributed by atoms with van der Waals surface area (Å²) in [5.41, 5.74) is 1.79. The second kappa shape index (κ2) is 7.26. The lowest BCUT2D eigenvalue weighted by atomic mass is 10.1. The van der Waals surface area contributed by atoms with Crippen molar-refractivity contribution in [2.24, 2.45) is 0 Å². The van der Waals surface area contributed by atoms with Crippen molar-refractivity contribution in [2.45, 2.75) is 4.90 Å². The van der Waals surface area contributed by atoms with Gasteiger partial charge in [0, 0.05) is 37.8 Å². The first-order chi connectivity index (χ1) is 14.5. The van der Waals surface area contributed by atoms with Gasteiger partial charge in [0.25, 0.3) is 5.91 Å². The first-order valence-corrected chi connectivity index (χ1v) is 11.0. The van der Waals surface area contributed by atoms with E-state index in [1.807, 2.05) is 0 Å². The van der Waals surface area contributed by atoms with E-state index >= 15 is 0 Å². The number of amides is 1. The Kier molecular flexibility index (Phi) is 4.55. The van der Waals surface area contributed by atoms with Crippen molar-refractivity contribution >= 4 is 27.0 Å². The summed E-state index contributed by atoms with van der Waals surface area (Å²) in [6.07, 6.45) is 0. The van der Waals surface area contributed by atoms with Crippen molar-refractivity contribution in [2.75, 3.05) is 39.4 Å². The van der Waals surface area contributed by atoms with E-state index in [0.717, 1.165) is 0 Å². The van der Waals surface area contributed by atoms with Crippen LogP contribution in [0, 0.1) is 0 Å². The molecule has 156 valence electrons. The summed E-state index contributed by atoms with van der Waals surface area (Å²) >= 11 is 0. The molecule has 1 fully saturated rings. The number of piperazine rings is 1. The zero-order valence-corrected chi connectivity index (χ0v) is 16.8. The van der Waals surface area contributed by atoms with Gasteiger partial charge in [-0.25, -0.2) is 8.42 Å². The molecule has 30 heavy (non-hydrogen) atoms. The van der Waals surface area contributed by atoms with Crippen LogP contribution >= 0.6 is 0 Å². The van der Waals surface area contributed by atoms with Gasteiger partial charge in [0.05, 0.1) is 4.90 Å². The van der Waals surface area contributed by atoms with Gasteiger partial charge in [-0.05, 0) is 30.3 Å². The maximum absolute atomic E-state index is 13.0. The number of carbonyl (C=O) groups excluding carboxylic acids is 1. The minimum Gasteiger partial charge on any atom is -0.486 e. The van der Waals surface area contributed by atoms with Gasteiger partial charge in [0.2, 0.25) is 10.0 Å². The highest BCUT2D eigenvalue weighted by atomic mass is 32.2. The lowest BCUT2D eigenvalue weighted by Crippen LogP contribution is -2.50. The molecule has 0 saturated carbocycles. The number of rotatable bonds is 3. The largest absolute Gasteiger partial charge is 0.486 e. The Morgan fingerprint density at radius 1 is 0.900 bits per heavy atom. The Bertz CT molecular complexity index is 1220. The minimum absolute atomic E-state index is 0.156. The number of aromatic nitrogens is 3. The number of ether oxygens (including phenoxy) is 2. The summed E-state index contributed by atoms with van der Waals surface area (Å²) in [5.74, 6) is 0.815. The summed E-state index contributed by atoms with van der Waals surface area (Å²) in [7, 11) is -3.69. The highest BCUT2D eigenvalue weighted by Crippen LogP contribution is 2.33. The van der Waals surface area contributed by atoms with Gasteiger partial charge in [-0.3, -0.25) is 4.79 Å². The summed E-state index contributed by atoms with van der Waals surface area (Å²) in [5, 5.41) is 10.5. The minimum atomic E-state index is -3.69. The second-order valence-electron chi connectivity index (χ2n) is 7.03. The van der Waals surface area contributed by atoms with Gasteiger partial charge in [0.15, 0.2) is 11.5 Å². The number of benzene rings is 2. The average molecular weight is 429 g/mol. The van der Waals surface area contributed by atoms with Crippen LogP contribution in [0.1, 0.15) is 10.4 Å². The van der Waals surface area contributed by atoms with E-state index in [9.17, 15) is 13.2 Å². The number of nitrogens with one attached hydrogen (secondary N) is 1. The van der Waals surface area contributed by atoms with Crippen LogP contribution in [-0.2, 0) is 10.0 Å². The molecule has 0 radical (unpaired) electrons. The Balaban J connectivity index is 1.29. The van der Waals surface area contributed by atoms with Gasteiger partial charge in [-0.2, -0.15) is 19.7 Å². The number of fused-ring (bicyclic) bond motifs is 2. The molecule has 1 N–H and O–H groups in total. The van der Waals surface area contributed by atoms with Crippen molar-refractivity contribution in [1.82, 2.24) is 24.6 Å². The Hall–Kier alpha value is -3.18. The molecule has 0 unspecified atom stereocenters. The molecule has 1 aromatic heterocycles. The first kappa shape index (κ1) is 18.8. The lowest BCUT2D eigenvalue weighted by molar-refractivity contribution is 0.0698. The highest BCUT2D eigenvalue weighted by molar-refractivity contribution is 7.89. The van der Waals surface area contributed by atoms with Crippen LogP contribution in [0.5, 0.6) is 11.5 Å². The standard InChI is InChI=1S/C19H19N5O5S/c25-19(13-1-3-15-16(11-13)21-22-20-15)23-5-7-24(8-6-23)30(26,27)14-2-4-17-18(12-14)29-10-9-28-17/h1-4,11-12H,5-10H2,(H,20,21,22). The molecule has 0 aliphatic carbocycles. The number of H-pyrrole nitrogens is 1. The third-order valence-electron chi connectivity index (χ3n) is 5.24. The second-order valence-corrected chi connectivity index (χ2v) is 8.97. The molecule has 2 aromatic carbocycles. The quantitative estimate of drug-likeness (QED) is 0.657. The molecular weight excluding hydrogens is 410 g/mol. The van der Waals surface area contributed by atoms with Crippen LogP contribution in [-0.4, -0.2) is 78.3 Å². The predicted molar refractivity (Wildman–Crippen MR) is 106 cm³/mol. The van der Waals surface area contributed by atoms with Crippen LogP contribution in [0.15, 0.2) is 41.3 Å². The SMILES string of the molecule is O=C(c1ccc2n[nH]nc2c1)N1CCN(S(=O)(=O)c2ccc3c(c2)OCCO3)CC1. The molecule has 3 heterocycles. The summed E-state index contributed by atoms with van der Waals surface area (Å²) in [4.78, 5) is 14.6. The smallest absolute Gasteiger partial charge is 0.254 e. The average Bonchev–Trinajstić information content (AvgIpc) is 3.26. The Morgan fingerprint density at radius 3 is 2.43 bits per heavy atom. The molecule has 10 nitrogen and oxygen atoms in total. The van der Waals surface area contributed by atoms with Gasteiger partial charge >= 0.3 is 0 Å². The van der Waals surface area contributed by atoms with Gasteiger partial charge in [0.1, 0.15) is 24.2 Å². The maximum Gasteiger partial charge on any atom is 0.254 e. The molecule has 11 heteroatoms. The molecule has 1 saturated heterocycles. The van der Waals surface area contributed by atoms with E-state index in [0.29, 0.717) is 54.4 Å². The van der Waals surface area contributed by atoms with E-state index in [2.05, 4.69) is 15.4 Å². The van der Waals surface area contributed by atoms with E-state index < -0.39 is 10.0 Å². The monoisotopic (exact) mass is 429 g/mol. The maximum atomic E-state index is 13.0. The van der Waals surface area contributed by atoms with Crippen molar-refractivity contribution in [1.29, 1.82) is 0 Å². The van der Waals surface area contributed by atoms with Crippen LogP contribution < -0.4 is 9.47 Å². The normalized spacial score (nSPS) is 17.3. The number of carbonyl (C=O) groups is 1. The molecule has 0 spiro atoms. The topological polar surface area (TPSA) is 118 Å². The summed E-state index contributed by atoms with van der Waals surface area (Å²) < 4.78 is 38.4. The van der Waals surface area contributed by atoms with E-state index in [-0.39, 0.29) is 23.9 Å². The van der Waals surface area contributed by atoms with Crippen molar-refractivity contribution in [3.63, 3.8) is 0 Å². The highest BCUT2D eigenvalue weighted by Gasteiger charge is 2.31. The predicted octanol–water partition coefficient (Wildman–Crippen LogP) is 0.876. The number of hydrogen-bond donors (Lipinski definition) is 1. The molecule has 2 aliphatic rings. The Morgan fingerprint density at radius 2 is 1.63 bits per heavy atom. The van der Waals surface area contributed by atoms with Crippen LogP contribution in [0.2, 0.25) is 0 Å². The Labute approximate surface area is 172 Å². The molecule has 2 aliphatic heterocycles. The summed E-state index contributed by atoms with van der Waals surface area (Å²) in [6, 6.07) is 9.74. The summed E-state index contributed by atoms with van der Waals surface area (Å²) in [6.45, 7) is 1.87. The molecule has 0 bridgehead atoms. The van der Waals surface area contributed by atoms with Gasteiger partial charge in [-0.15, -0.1) is 0 Å². The lowest BCUT2D eigenvalue weighted by Gasteiger charge is -2.34. The number of aromatic amines is 1. The number of nitrogens with zero attached hydrogens (tertiary/aromatic N) is 4. The van der Waals surface area contributed by atoms with Crippen LogP contribution in [0.3, 0.4) is 0 Å². The van der Waals surface area contributed by atoms with Crippen molar-refractivity contribution in [3.8, 4) is 11.5 Å².